The first-order valence-electron chi connectivity index (χ1n) is 5.28. The van der Waals surface area contributed by atoms with Gasteiger partial charge in [-0.1, -0.05) is 0 Å². The number of hydrogen-bond acceptors (Lipinski definition) is 6. The number of anilines is 1. The molecule has 1 heterocycles. The minimum Gasteiger partial charge on any atom is -0.392 e. The molecule has 0 radical (unpaired) electrons. The fraction of sp³-hybridized carbons (Fsp3) is 0.400. The second-order valence-corrected chi connectivity index (χ2v) is 5.24. The molecule has 0 aliphatic heterocycles. The number of rotatable bonds is 2. The molecular formula is C10H11FIN3O4. The quantitative estimate of drug-likeness (QED) is 0.483. The van der Waals surface area contributed by atoms with Crippen LogP contribution in [-0.4, -0.2) is 43.7 Å². The first kappa shape index (κ1) is 14.4. The molecule has 1 aliphatic rings. The Morgan fingerprint density at radius 1 is 1.53 bits per heavy atom. The van der Waals surface area contributed by atoms with E-state index in [0.29, 0.717) is 3.57 Å². The number of nitrogen functional groups attached to an aromatic ring is 1. The van der Waals surface area contributed by atoms with Crippen molar-refractivity contribution in [2.24, 2.45) is 0 Å². The number of aliphatic hydroxyl groups excluding tert-OH is 3. The van der Waals surface area contributed by atoms with E-state index in [4.69, 9.17) is 10.8 Å². The predicted molar refractivity (Wildman–Crippen MR) is 71.9 cm³/mol. The summed E-state index contributed by atoms with van der Waals surface area (Å²) in [6.07, 6.45) is -1.88. The molecule has 19 heavy (non-hydrogen) atoms. The largest absolute Gasteiger partial charge is 0.392 e. The van der Waals surface area contributed by atoms with Crippen molar-refractivity contribution in [3.63, 3.8) is 0 Å². The van der Waals surface area contributed by atoms with Gasteiger partial charge in [0.05, 0.1) is 10.2 Å². The monoisotopic (exact) mass is 383 g/mol. The Morgan fingerprint density at radius 3 is 2.68 bits per heavy atom. The van der Waals surface area contributed by atoms with E-state index in [1.54, 1.807) is 0 Å². The van der Waals surface area contributed by atoms with Crippen molar-refractivity contribution in [2.45, 2.75) is 18.2 Å². The molecule has 3 atom stereocenters. The number of aliphatic hydroxyl groups is 3. The van der Waals surface area contributed by atoms with E-state index in [2.05, 4.69) is 4.98 Å². The van der Waals surface area contributed by atoms with E-state index in [1.165, 1.54) is 6.20 Å². The van der Waals surface area contributed by atoms with Gasteiger partial charge >= 0.3 is 5.69 Å². The van der Waals surface area contributed by atoms with Gasteiger partial charge in [0.15, 0.2) is 0 Å². The summed E-state index contributed by atoms with van der Waals surface area (Å²) < 4.78 is 15.3. The maximum atomic E-state index is 14.0. The molecule has 5 N–H and O–H groups in total. The van der Waals surface area contributed by atoms with Crippen LogP contribution in [0.4, 0.5) is 10.2 Å². The number of aromatic nitrogens is 2. The average molecular weight is 383 g/mol. The van der Waals surface area contributed by atoms with Crippen molar-refractivity contribution in [1.82, 2.24) is 9.55 Å². The lowest BCUT2D eigenvalue weighted by Gasteiger charge is -2.19. The molecule has 0 spiro atoms. The highest BCUT2D eigenvalue weighted by molar-refractivity contribution is 14.1. The van der Waals surface area contributed by atoms with Crippen molar-refractivity contribution in [2.75, 3.05) is 12.3 Å². The molecule has 0 aromatic carbocycles. The van der Waals surface area contributed by atoms with Gasteiger partial charge in [-0.25, -0.2) is 9.18 Å². The molecule has 0 saturated carbocycles. The normalized spacial score (nSPS) is 27.1. The smallest absolute Gasteiger partial charge is 0.350 e. The SMILES string of the molecule is Nc1nc(=O)n([C@@H]2C(F)=C(CO)[C@@H](O)[C@H]2O)cc1I. The van der Waals surface area contributed by atoms with Gasteiger partial charge in [0.1, 0.15) is 29.9 Å². The van der Waals surface area contributed by atoms with E-state index in [9.17, 15) is 19.4 Å². The van der Waals surface area contributed by atoms with E-state index in [1.807, 2.05) is 22.6 Å². The van der Waals surface area contributed by atoms with Crippen LogP contribution in [0.3, 0.4) is 0 Å². The molecule has 104 valence electrons. The molecule has 2 rings (SSSR count). The van der Waals surface area contributed by atoms with Gasteiger partial charge in [0, 0.05) is 11.8 Å². The van der Waals surface area contributed by atoms with Crippen LogP contribution in [0, 0.1) is 3.57 Å². The molecule has 1 aromatic rings. The zero-order chi connectivity index (χ0) is 14.3. The minimum atomic E-state index is -1.57. The molecule has 9 heteroatoms. The molecular weight excluding hydrogens is 372 g/mol. The second-order valence-electron chi connectivity index (χ2n) is 4.08. The standard InChI is InChI=1S/C10H11FIN3O4/c11-5-3(2-16)7(17)8(18)6(5)15-1-4(12)9(13)14-10(15)19/h1,6-8,16-18H,2H2,(H2,13,14,19)/t6-,7-,8+/m1/s1. The third-order valence-corrected chi connectivity index (χ3v) is 3.81. The first-order chi connectivity index (χ1) is 8.88. The van der Waals surface area contributed by atoms with Gasteiger partial charge in [-0.15, -0.1) is 0 Å². The molecule has 0 fully saturated rings. The van der Waals surface area contributed by atoms with Crippen molar-refractivity contribution < 1.29 is 19.7 Å². The summed E-state index contributed by atoms with van der Waals surface area (Å²) in [5, 5.41) is 28.4. The van der Waals surface area contributed by atoms with Crippen molar-refractivity contribution in [3.8, 4) is 0 Å². The highest BCUT2D eigenvalue weighted by Gasteiger charge is 2.43. The van der Waals surface area contributed by atoms with Gasteiger partial charge in [0.2, 0.25) is 0 Å². The lowest BCUT2D eigenvalue weighted by atomic mass is 10.1. The summed E-state index contributed by atoms with van der Waals surface area (Å²) in [6.45, 7) is -0.741. The Bertz CT molecular complexity index is 603. The van der Waals surface area contributed by atoms with Crippen LogP contribution in [-0.2, 0) is 0 Å². The molecule has 0 bridgehead atoms. The third kappa shape index (κ3) is 2.26. The molecule has 0 amide bonds. The van der Waals surface area contributed by atoms with Crippen molar-refractivity contribution >= 4 is 28.4 Å². The van der Waals surface area contributed by atoms with E-state index in [-0.39, 0.29) is 11.4 Å². The summed E-state index contributed by atoms with van der Waals surface area (Å²) >= 11 is 1.81. The summed E-state index contributed by atoms with van der Waals surface area (Å²) in [4.78, 5) is 15.2. The topological polar surface area (TPSA) is 122 Å². The maximum Gasteiger partial charge on any atom is 0.350 e. The van der Waals surface area contributed by atoms with Gasteiger partial charge in [-0.05, 0) is 22.6 Å². The van der Waals surface area contributed by atoms with Gasteiger partial charge < -0.3 is 21.1 Å². The number of hydrogen-bond donors (Lipinski definition) is 4. The molecule has 7 nitrogen and oxygen atoms in total. The Labute approximate surface area is 120 Å². The zero-order valence-electron chi connectivity index (χ0n) is 9.49. The highest BCUT2D eigenvalue weighted by atomic mass is 127. The van der Waals surface area contributed by atoms with E-state index in [0.717, 1.165) is 4.57 Å². The van der Waals surface area contributed by atoms with Gasteiger partial charge in [0.25, 0.3) is 0 Å². The maximum absolute atomic E-state index is 14.0. The number of nitrogens with zero attached hydrogens (tertiary/aromatic N) is 2. The van der Waals surface area contributed by atoms with Crippen molar-refractivity contribution in [1.29, 1.82) is 0 Å². The van der Waals surface area contributed by atoms with Gasteiger partial charge in [-0.2, -0.15) is 4.98 Å². The molecule has 1 aromatic heterocycles. The Hall–Kier alpha value is -1.04. The fourth-order valence-electron chi connectivity index (χ4n) is 1.97. The lowest BCUT2D eigenvalue weighted by Crippen LogP contribution is -2.36. The van der Waals surface area contributed by atoms with E-state index < -0.39 is 36.4 Å². The lowest BCUT2D eigenvalue weighted by molar-refractivity contribution is 0.0244. The summed E-state index contributed by atoms with van der Waals surface area (Å²) in [5.41, 5.74) is 4.27. The van der Waals surface area contributed by atoms with Crippen LogP contribution >= 0.6 is 22.6 Å². The Balaban J connectivity index is 2.57. The van der Waals surface area contributed by atoms with Crippen LogP contribution in [0.25, 0.3) is 0 Å². The third-order valence-electron chi connectivity index (χ3n) is 2.97. The van der Waals surface area contributed by atoms with Crippen LogP contribution in [0.1, 0.15) is 6.04 Å². The Kier molecular flexibility index (Phi) is 3.90. The molecule has 0 saturated heterocycles. The van der Waals surface area contributed by atoms with E-state index >= 15 is 0 Å². The molecule has 0 unspecified atom stereocenters. The minimum absolute atomic E-state index is 0.00153. The second kappa shape index (κ2) is 5.15. The summed E-state index contributed by atoms with van der Waals surface area (Å²) in [7, 11) is 0. The average Bonchev–Trinajstić information content (AvgIpc) is 2.56. The summed E-state index contributed by atoms with van der Waals surface area (Å²) in [6, 6.07) is -1.41. The van der Waals surface area contributed by atoms with Crippen LogP contribution in [0.15, 0.2) is 22.4 Å². The Morgan fingerprint density at radius 2 is 2.16 bits per heavy atom. The van der Waals surface area contributed by atoms with Crippen molar-refractivity contribution in [3.05, 3.63) is 31.7 Å². The van der Waals surface area contributed by atoms with Crippen LogP contribution in [0.5, 0.6) is 0 Å². The van der Waals surface area contributed by atoms with Crippen LogP contribution < -0.4 is 11.4 Å². The number of nitrogens with two attached hydrogens (primary N) is 1. The number of halogens is 2. The van der Waals surface area contributed by atoms with Crippen LogP contribution in [0.2, 0.25) is 0 Å². The zero-order valence-corrected chi connectivity index (χ0v) is 11.7. The van der Waals surface area contributed by atoms with Gasteiger partial charge in [-0.3, -0.25) is 4.57 Å². The molecule has 1 aliphatic carbocycles. The highest BCUT2D eigenvalue weighted by Crippen LogP contribution is 2.36. The first-order valence-corrected chi connectivity index (χ1v) is 6.36. The fourth-order valence-corrected chi connectivity index (χ4v) is 2.39. The summed E-state index contributed by atoms with van der Waals surface area (Å²) in [5.74, 6) is -0.936. The predicted octanol–water partition coefficient (Wildman–Crippen LogP) is -1.08.